The van der Waals surface area contributed by atoms with Gasteiger partial charge >= 0.3 is 0 Å². The second kappa shape index (κ2) is 6.43. The smallest absolute Gasteiger partial charge is 0.230 e. The second-order valence-electron chi connectivity index (χ2n) is 6.25. The molecule has 1 aliphatic carbocycles. The zero-order valence-electron chi connectivity index (χ0n) is 14.0. The van der Waals surface area contributed by atoms with E-state index in [-0.39, 0.29) is 0 Å². The van der Waals surface area contributed by atoms with Crippen LogP contribution in [0.2, 0.25) is 0 Å². The first kappa shape index (κ1) is 15.4. The summed E-state index contributed by atoms with van der Waals surface area (Å²) in [5.41, 5.74) is 9.39. The lowest BCUT2D eigenvalue weighted by atomic mass is 10.1. The van der Waals surface area contributed by atoms with E-state index in [0.29, 0.717) is 17.8 Å². The van der Waals surface area contributed by atoms with E-state index in [1.54, 1.807) is 24.8 Å². The van der Waals surface area contributed by atoms with Gasteiger partial charge in [0.05, 0.1) is 23.3 Å². The number of nitrogens with zero attached hydrogens (tertiary/aromatic N) is 6. The van der Waals surface area contributed by atoms with Crippen LogP contribution in [0.1, 0.15) is 18.5 Å². The first-order chi connectivity index (χ1) is 12.2. The molecule has 0 unspecified atom stereocenters. The quantitative estimate of drug-likeness (QED) is 0.767. The van der Waals surface area contributed by atoms with Gasteiger partial charge in [-0.15, -0.1) is 0 Å². The maximum absolute atomic E-state index is 5.79. The molecule has 0 spiro atoms. The van der Waals surface area contributed by atoms with Gasteiger partial charge in [0, 0.05) is 31.2 Å². The molecule has 0 atom stereocenters. The van der Waals surface area contributed by atoms with Crippen LogP contribution in [0.15, 0.2) is 43.0 Å². The number of aromatic nitrogens is 5. The highest BCUT2D eigenvalue weighted by Crippen LogP contribution is 2.35. The normalized spacial score (nSPS) is 13.6. The van der Waals surface area contributed by atoms with Crippen LogP contribution in [-0.4, -0.2) is 32.0 Å². The summed E-state index contributed by atoms with van der Waals surface area (Å²) < 4.78 is 0. The van der Waals surface area contributed by atoms with Crippen LogP contribution in [0.25, 0.3) is 11.3 Å². The summed E-state index contributed by atoms with van der Waals surface area (Å²) in [5, 5.41) is 0. The molecule has 0 aliphatic heterocycles. The summed E-state index contributed by atoms with van der Waals surface area (Å²) in [7, 11) is 1.92. The van der Waals surface area contributed by atoms with E-state index in [2.05, 4.69) is 19.9 Å². The van der Waals surface area contributed by atoms with Crippen molar-refractivity contribution in [2.24, 2.45) is 5.92 Å². The maximum Gasteiger partial charge on any atom is 0.230 e. The van der Waals surface area contributed by atoms with E-state index in [1.165, 1.54) is 12.8 Å². The SMILES string of the molecule is CN(c1cccnc1)c1nccc(-c2cnc(N)nc2CC2CC2)n1. The van der Waals surface area contributed by atoms with Crippen LogP contribution in [0.5, 0.6) is 0 Å². The van der Waals surface area contributed by atoms with Gasteiger partial charge < -0.3 is 10.6 Å². The lowest BCUT2D eigenvalue weighted by Crippen LogP contribution is -2.13. The Morgan fingerprint density at radius 1 is 1.12 bits per heavy atom. The number of hydrogen-bond acceptors (Lipinski definition) is 7. The van der Waals surface area contributed by atoms with Crippen molar-refractivity contribution in [3.05, 3.63) is 48.7 Å². The summed E-state index contributed by atoms with van der Waals surface area (Å²) in [6.45, 7) is 0. The number of nitrogen functional groups attached to an aromatic ring is 1. The molecule has 0 bridgehead atoms. The molecular weight excluding hydrogens is 314 g/mol. The first-order valence-corrected chi connectivity index (χ1v) is 8.29. The molecular formula is C18H19N7. The van der Waals surface area contributed by atoms with Crippen molar-refractivity contribution in [2.45, 2.75) is 19.3 Å². The summed E-state index contributed by atoms with van der Waals surface area (Å²) in [5.74, 6) is 1.60. The minimum absolute atomic E-state index is 0.307. The summed E-state index contributed by atoms with van der Waals surface area (Å²) >= 11 is 0. The molecule has 1 fully saturated rings. The standard InChI is InChI=1S/C18H19N7/c1-25(13-3-2-7-20-10-13)18-21-8-6-15(24-18)14-11-22-17(19)23-16(14)9-12-4-5-12/h2-3,6-8,10-12H,4-5,9H2,1H3,(H2,19,22,23). The van der Waals surface area contributed by atoms with Gasteiger partial charge in [0.2, 0.25) is 11.9 Å². The fraction of sp³-hybridized carbons (Fsp3) is 0.278. The van der Waals surface area contributed by atoms with Crippen LogP contribution >= 0.6 is 0 Å². The van der Waals surface area contributed by atoms with Crippen molar-refractivity contribution in [1.29, 1.82) is 0 Å². The maximum atomic E-state index is 5.79. The molecule has 126 valence electrons. The van der Waals surface area contributed by atoms with Crippen LogP contribution in [-0.2, 0) is 6.42 Å². The Kier molecular flexibility index (Phi) is 3.97. The van der Waals surface area contributed by atoms with E-state index in [1.807, 2.05) is 30.1 Å². The Morgan fingerprint density at radius 3 is 2.76 bits per heavy atom. The number of pyridine rings is 1. The second-order valence-corrected chi connectivity index (χ2v) is 6.25. The molecule has 1 saturated carbocycles. The van der Waals surface area contributed by atoms with Gasteiger partial charge in [-0.2, -0.15) is 0 Å². The van der Waals surface area contributed by atoms with Crippen molar-refractivity contribution < 1.29 is 0 Å². The summed E-state index contributed by atoms with van der Waals surface area (Å²) in [4.78, 5) is 23.7. The van der Waals surface area contributed by atoms with E-state index >= 15 is 0 Å². The molecule has 1 aliphatic rings. The average Bonchev–Trinajstić information content (AvgIpc) is 3.46. The molecule has 0 amide bonds. The van der Waals surface area contributed by atoms with E-state index in [4.69, 9.17) is 10.7 Å². The molecule has 7 heteroatoms. The van der Waals surface area contributed by atoms with Crippen LogP contribution in [0.4, 0.5) is 17.6 Å². The minimum atomic E-state index is 0.307. The van der Waals surface area contributed by atoms with E-state index in [9.17, 15) is 0 Å². The van der Waals surface area contributed by atoms with Crippen LogP contribution < -0.4 is 10.6 Å². The number of nitrogens with two attached hydrogens (primary N) is 1. The number of rotatable bonds is 5. The van der Waals surface area contributed by atoms with Crippen molar-refractivity contribution in [2.75, 3.05) is 17.7 Å². The Labute approximate surface area is 146 Å². The molecule has 0 radical (unpaired) electrons. The Morgan fingerprint density at radius 2 is 2.00 bits per heavy atom. The lowest BCUT2D eigenvalue weighted by Gasteiger charge is -2.17. The molecule has 25 heavy (non-hydrogen) atoms. The highest BCUT2D eigenvalue weighted by atomic mass is 15.2. The number of hydrogen-bond donors (Lipinski definition) is 1. The van der Waals surface area contributed by atoms with Crippen molar-refractivity contribution in [3.63, 3.8) is 0 Å². The summed E-state index contributed by atoms with van der Waals surface area (Å²) in [6.07, 6.45) is 10.5. The van der Waals surface area contributed by atoms with Gasteiger partial charge in [0.15, 0.2) is 0 Å². The van der Waals surface area contributed by atoms with Gasteiger partial charge in [-0.05, 0) is 43.4 Å². The average molecular weight is 333 g/mol. The Bertz CT molecular complexity index is 878. The minimum Gasteiger partial charge on any atom is -0.368 e. The van der Waals surface area contributed by atoms with Crippen molar-refractivity contribution >= 4 is 17.6 Å². The van der Waals surface area contributed by atoms with Gasteiger partial charge in [0.1, 0.15) is 0 Å². The van der Waals surface area contributed by atoms with Crippen LogP contribution in [0.3, 0.4) is 0 Å². The highest BCUT2D eigenvalue weighted by Gasteiger charge is 2.24. The summed E-state index contributed by atoms with van der Waals surface area (Å²) in [6, 6.07) is 5.73. The highest BCUT2D eigenvalue weighted by molar-refractivity contribution is 5.64. The molecule has 3 aromatic heterocycles. The Balaban J connectivity index is 1.70. The topological polar surface area (TPSA) is 93.7 Å². The molecule has 0 saturated heterocycles. The fourth-order valence-electron chi connectivity index (χ4n) is 2.73. The van der Waals surface area contributed by atoms with Gasteiger partial charge in [-0.3, -0.25) is 4.98 Å². The van der Waals surface area contributed by atoms with E-state index in [0.717, 1.165) is 29.1 Å². The largest absolute Gasteiger partial charge is 0.368 e. The third-order valence-corrected chi connectivity index (χ3v) is 4.32. The fourth-order valence-corrected chi connectivity index (χ4v) is 2.73. The van der Waals surface area contributed by atoms with E-state index < -0.39 is 0 Å². The first-order valence-electron chi connectivity index (χ1n) is 8.29. The van der Waals surface area contributed by atoms with Crippen molar-refractivity contribution in [3.8, 4) is 11.3 Å². The zero-order chi connectivity index (χ0) is 17.2. The zero-order valence-corrected chi connectivity index (χ0v) is 14.0. The lowest BCUT2D eigenvalue weighted by molar-refractivity contribution is 0.802. The predicted molar refractivity (Wildman–Crippen MR) is 96.2 cm³/mol. The molecule has 7 nitrogen and oxygen atoms in total. The van der Waals surface area contributed by atoms with Crippen LogP contribution in [0, 0.1) is 5.92 Å². The number of anilines is 3. The monoisotopic (exact) mass is 333 g/mol. The molecule has 3 heterocycles. The predicted octanol–water partition coefficient (Wildman–Crippen LogP) is 2.63. The Hall–Kier alpha value is -3.09. The molecule has 3 aromatic rings. The third-order valence-electron chi connectivity index (χ3n) is 4.32. The molecule has 4 rings (SSSR count). The van der Waals surface area contributed by atoms with Gasteiger partial charge in [-0.25, -0.2) is 19.9 Å². The third kappa shape index (κ3) is 3.40. The van der Waals surface area contributed by atoms with Crippen molar-refractivity contribution in [1.82, 2.24) is 24.9 Å². The molecule has 0 aromatic carbocycles. The molecule has 2 N–H and O–H groups in total. The van der Waals surface area contributed by atoms with Gasteiger partial charge in [0.25, 0.3) is 0 Å². The van der Waals surface area contributed by atoms with Gasteiger partial charge in [-0.1, -0.05) is 0 Å².